The maximum absolute atomic E-state index is 12.0. The van der Waals surface area contributed by atoms with Crippen LogP contribution < -0.4 is 15.4 Å². The van der Waals surface area contributed by atoms with Gasteiger partial charge in [-0.1, -0.05) is 18.2 Å². The van der Waals surface area contributed by atoms with Gasteiger partial charge in [-0.25, -0.2) is 0 Å². The van der Waals surface area contributed by atoms with Gasteiger partial charge in [0.2, 0.25) is 5.91 Å². The molecule has 2 unspecified atom stereocenters. The Morgan fingerprint density at radius 2 is 2.32 bits per heavy atom. The summed E-state index contributed by atoms with van der Waals surface area (Å²) in [5.74, 6) is 1.41. The molecule has 1 fully saturated rings. The van der Waals surface area contributed by atoms with Crippen molar-refractivity contribution in [1.29, 1.82) is 0 Å². The molecular weight excluding hydrogens is 240 g/mol. The van der Waals surface area contributed by atoms with Gasteiger partial charge in [0.1, 0.15) is 5.75 Å². The molecule has 0 aromatic heterocycles. The number of carbonyl (C=O) groups is 1. The molecule has 1 aromatic rings. The number of nitrogens with one attached hydrogen (secondary N) is 2. The van der Waals surface area contributed by atoms with Gasteiger partial charge in [0.05, 0.1) is 13.2 Å². The van der Waals surface area contributed by atoms with Crippen LogP contribution in [0.5, 0.6) is 5.75 Å². The van der Waals surface area contributed by atoms with Crippen molar-refractivity contribution in [3.05, 3.63) is 29.8 Å². The highest BCUT2D eigenvalue weighted by Gasteiger charge is 2.20. The Hall–Kier alpha value is -1.55. The zero-order valence-electron chi connectivity index (χ0n) is 11.6. The number of amides is 1. The Morgan fingerprint density at radius 1 is 1.53 bits per heavy atom. The highest BCUT2D eigenvalue weighted by atomic mass is 16.5. The van der Waals surface area contributed by atoms with Gasteiger partial charge in [-0.05, 0) is 38.4 Å². The van der Waals surface area contributed by atoms with Gasteiger partial charge >= 0.3 is 0 Å². The number of methoxy groups -OCH3 is 1. The maximum Gasteiger partial charge on any atom is 0.220 e. The van der Waals surface area contributed by atoms with Gasteiger partial charge in [0.25, 0.3) is 0 Å². The number of para-hydroxylation sites is 1. The van der Waals surface area contributed by atoms with Gasteiger partial charge in [0.15, 0.2) is 0 Å². The van der Waals surface area contributed by atoms with E-state index in [1.807, 2.05) is 31.2 Å². The van der Waals surface area contributed by atoms with Crippen molar-refractivity contribution >= 4 is 5.91 Å². The summed E-state index contributed by atoms with van der Waals surface area (Å²) in [5, 5.41) is 6.33. The molecule has 1 saturated heterocycles. The van der Waals surface area contributed by atoms with Crippen LogP contribution >= 0.6 is 0 Å². The molecule has 0 bridgehead atoms. The van der Waals surface area contributed by atoms with Crippen LogP contribution in [0.3, 0.4) is 0 Å². The lowest BCUT2D eigenvalue weighted by atomic mass is 10.0. The summed E-state index contributed by atoms with van der Waals surface area (Å²) in [4.78, 5) is 12.0. The molecule has 0 radical (unpaired) electrons. The summed E-state index contributed by atoms with van der Waals surface area (Å²) in [6.45, 7) is 3.97. The van der Waals surface area contributed by atoms with Crippen LogP contribution in [-0.2, 0) is 4.79 Å². The fraction of sp³-hybridized carbons (Fsp3) is 0.533. The molecule has 0 saturated carbocycles. The summed E-state index contributed by atoms with van der Waals surface area (Å²) in [6, 6.07) is 7.76. The zero-order chi connectivity index (χ0) is 13.7. The molecule has 1 aromatic carbocycles. The van der Waals surface area contributed by atoms with Crippen molar-refractivity contribution < 1.29 is 9.53 Å². The first-order chi connectivity index (χ1) is 9.20. The molecule has 4 nitrogen and oxygen atoms in total. The average molecular weight is 262 g/mol. The fourth-order valence-electron chi connectivity index (χ4n) is 2.55. The van der Waals surface area contributed by atoms with E-state index >= 15 is 0 Å². The minimum atomic E-state index is -0.0296. The lowest BCUT2D eigenvalue weighted by Gasteiger charge is -2.18. The molecular formula is C15H22N2O2. The third-order valence-electron chi connectivity index (χ3n) is 3.62. The van der Waals surface area contributed by atoms with Crippen molar-refractivity contribution in [2.24, 2.45) is 5.92 Å². The van der Waals surface area contributed by atoms with Gasteiger partial charge in [-0.3, -0.25) is 4.79 Å². The Labute approximate surface area is 114 Å². The standard InChI is InChI=1S/C15H22N2O2/c1-11(13-5-3-4-6-14(13)19-2)17-15(18)9-12-7-8-16-10-12/h3-6,11-12,16H,7-10H2,1-2H3,(H,17,18). The van der Waals surface area contributed by atoms with E-state index < -0.39 is 0 Å². The zero-order valence-corrected chi connectivity index (χ0v) is 11.6. The SMILES string of the molecule is COc1ccccc1C(C)NC(=O)CC1CCNC1. The average Bonchev–Trinajstić information content (AvgIpc) is 2.91. The second kappa shape index (κ2) is 6.57. The third-order valence-corrected chi connectivity index (χ3v) is 3.62. The Bertz CT molecular complexity index is 428. The quantitative estimate of drug-likeness (QED) is 0.851. The number of ether oxygens (including phenoxy) is 1. The van der Waals surface area contributed by atoms with E-state index in [9.17, 15) is 4.79 Å². The van der Waals surface area contributed by atoms with Gasteiger partial charge in [-0.2, -0.15) is 0 Å². The van der Waals surface area contributed by atoms with Crippen LogP contribution in [0.4, 0.5) is 0 Å². The molecule has 1 aliphatic rings. The highest BCUT2D eigenvalue weighted by molar-refractivity contribution is 5.76. The predicted molar refractivity (Wildman–Crippen MR) is 75.1 cm³/mol. The van der Waals surface area contributed by atoms with E-state index in [2.05, 4.69) is 10.6 Å². The minimum absolute atomic E-state index is 0.0296. The van der Waals surface area contributed by atoms with Crippen LogP contribution in [-0.4, -0.2) is 26.1 Å². The second-order valence-electron chi connectivity index (χ2n) is 5.09. The fourth-order valence-corrected chi connectivity index (χ4v) is 2.55. The Kier molecular flexibility index (Phi) is 4.80. The maximum atomic E-state index is 12.0. The lowest BCUT2D eigenvalue weighted by Crippen LogP contribution is -2.29. The van der Waals surface area contributed by atoms with Crippen LogP contribution in [0.25, 0.3) is 0 Å². The first-order valence-corrected chi connectivity index (χ1v) is 6.83. The molecule has 0 aliphatic carbocycles. The molecule has 2 atom stereocenters. The molecule has 1 amide bonds. The lowest BCUT2D eigenvalue weighted by molar-refractivity contribution is -0.122. The van der Waals surface area contributed by atoms with Crippen LogP contribution in [0.15, 0.2) is 24.3 Å². The topological polar surface area (TPSA) is 50.4 Å². The normalized spacial score (nSPS) is 20.0. The minimum Gasteiger partial charge on any atom is -0.496 e. The molecule has 2 N–H and O–H groups in total. The van der Waals surface area contributed by atoms with E-state index in [4.69, 9.17) is 4.74 Å². The molecule has 19 heavy (non-hydrogen) atoms. The molecule has 2 rings (SSSR count). The van der Waals surface area contributed by atoms with Gasteiger partial charge in [0, 0.05) is 12.0 Å². The number of benzene rings is 1. The van der Waals surface area contributed by atoms with E-state index in [1.165, 1.54) is 0 Å². The largest absolute Gasteiger partial charge is 0.496 e. The first kappa shape index (κ1) is 13.9. The molecule has 104 valence electrons. The predicted octanol–water partition coefficient (Wildman–Crippen LogP) is 1.87. The van der Waals surface area contributed by atoms with Crippen molar-refractivity contribution in [3.63, 3.8) is 0 Å². The van der Waals surface area contributed by atoms with Crippen molar-refractivity contribution in [1.82, 2.24) is 10.6 Å². The summed E-state index contributed by atoms with van der Waals surface area (Å²) < 4.78 is 5.32. The smallest absolute Gasteiger partial charge is 0.220 e. The Balaban J connectivity index is 1.92. The van der Waals surface area contributed by atoms with Crippen molar-refractivity contribution in [3.8, 4) is 5.75 Å². The van der Waals surface area contributed by atoms with Crippen molar-refractivity contribution in [2.45, 2.75) is 25.8 Å². The van der Waals surface area contributed by atoms with E-state index in [0.717, 1.165) is 30.8 Å². The van der Waals surface area contributed by atoms with Crippen molar-refractivity contribution in [2.75, 3.05) is 20.2 Å². The van der Waals surface area contributed by atoms with Crippen LogP contribution in [0.1, 0.15) is 31.4 Å². The Morgan fingerprint density at radius 3 is 3.00 bits per heavy atom. The monoisotopic (exact) mass is 262 g/mol. The van der Waals surface area contributed by atoms with Gasteiger partial charge in [-0.15, -0.1) is 0 Å². The van der Waals surface area contributed by atoms with Gasteiger partial charge < -0.3 is 15.4 Å². The van der Waals surface area contributed by atoms with E-state index in [0.29, 0.717) is 12.3 Å². The summed E-state index contributed by atoms with van der Waals surface area (Å²) in [5.41, 5.74) is 1.02. The first-order valence-electron chi connectivity index (χ1n) is 6.83. The second-order valence-corrected chi connectivity index (χ2v) is 5.09. The molecule has 1 heterocycles. The molecule has 1 aliphatic heterocycles. The summed E-state index contributed by atoms with van der Waals surface area (Å²) in [6.07, 6.45) is 1.70. The van der Waals surface area contributed by atoms with Crippen LogP contribution in [0.2, 0.25) is 0 Å². The number of rotatable bonds is 5. The van der Waals surface area contributed by atoms with Crippen LogP contribution in [0, 0.1) is 5.92 Å². The number of hydrogen-bond donors (Lipinski definition) is 2. The summed E-state index contributed by atoms with van der Waals surface area (Å²) >= 11 is 0. The number of hydrogen-bond acceptors (Lipinski definition) is 3. The number of carbonyl (C=O) groups excluding carboxylic acids is 1. The highest BCUT2D eigenvalue weighted by Crippen LogP contribution is 2.24. The van der Waals surface area contributed by atoms with E-state index in [1.54, 1.807) is 7.11 Å². The third kappa shape index (κ3) is 3.70. The van der Waals surface area contributed by atoms with E-state index in [-0.39, 0.29) is 11.9 Å². The molecule has 0 spiro atoms. The summed E-state index contributed by atoms with van der Waals surface area (Å²) in [7, 11) is 1.65. The molecule has 4 heteroatoms.